The Balaban J connectivity index is 0.00000264. The van der Waals surface area contributed by atoms with Gasteiger partial charge < -0.3 is 15.5 Å². The second-order valence-corrected chi connectivity index (χ2v) is 6.19. The van der Waals surface area contributed by atoms with E-state index in [9.17, 15) is 9.59 Å². The number of nitrogens with zero attached hydrogens (tertiary/aromatic N) is 1. The van der Waals surface area contributed by atoms with Gasteiger partial charge in [-0.1, -0.05) is 29.6 Å². The molecule has 1 atom stereocenters. The summed E-state index contributed by atoms with van der Waals surface area (Å²) in [6.07, 6.45) is 2.94. The van der Waals surface area contributed by atoms with Crippen LogP contribution in [-0.4, -0.2) is 42.9 Å². The van der Waals surface area contributed by atoms with Gasteiger partial charge in [-0.25, -0.2) is 0 Å². The molecule has 1 unspecified atom stereocenters. The molecule has 0 aliphatic carbocycles. The minimum Gasteiger partial charge on any atom is -0.335 e. The number of hydrogen-bond acceptors (Lipinski definition) is 3. The minimum absolute atomic E-state index is 0. The second-order valence-electron chi connectivity index (χ2n) is 5.37. The first-order valence-corrected chi connectivity index (χ1v) is 7.96. The number of nitrogens with one attached hydrogen (secondary N) is 2. The number of carbonyl (C=O) groups excluding carboxylic acids is 2. The highest BCUT2D eigenvalue weighted by Crippen LogP contribution is 2.24. The van der Waals surface area contributed by atoms with Crippen molar-refractivity contribution in [1.82, 2.24) is 10.2 Å². The molecule has 1 aliphatic rings. The maximum Gasteiger partial charge on any atom is 0.243 e. The van der Waals surface area contributed by atoms with E-state index in [1.807, 2.05) is 0 Å². The lowest BCUT2D eigenvalue weighted by Crippen LogP contribution is -2.48. The van der Waals surface area contributed by atoms with Crippen molar-refractivity contribution in [2.24, 2.45) is 0 Å². The third kappa shape index (κ3) is 5.84. The fraction of sp³-hybridized carbons (Fsp3) is 0.467. The fourth-order valence-electron chi connectivity index (χ4n) is 2.40. The summed E-state index contributed by atoms with van der Waals surface area (Å²) in [4.78, 5) is 25.7. The summed E-state index contributed by atoms with van der Waals surface area (Å²) in [6, 6.07) is 4.67. The number of anilines is 1. The monoisotopic (exact) mass is 379 g/mol. The van der Waals surface area contributed by atoms with Crippen LogP contribution in [0.15, 0.2) is 18.2 Å². The van der Waals surface area contributed by atoms with Crippen LogP contribution in [0.5, 0.6) is 0 Å². The van der Waals surface area contributed by atoms with Gasteiger partial charge in [0.05, 0.1) is 22.6 Å². The van der Waals surface area contributed by atoms with Gasteiger partial charge in [0.25, 0.3) is 0 Å². The molecule has 0 aromatic heterocycles. The molecule has 0 spiro atoms. The zero-order valence-corrected chi connectivity index (χ0v) is 15.1. The quantitative estimate of drug-likeness (QED) is 0.844. The van der Waals surface area contributed by atoms with Gasteiger partial charge in [0.1, 0.15) is 0 Å². The molecule has 1 aromatic rings. The van der Waals surface area contributed by atoms with Crippen LogP contribution in [0.25, 0.3) is 0 Å². The van der Waals surface area contributed by atoms with Gasteiger partial charge in [-0.3, -0.25) is 9.59 Å². The first-order chi connectivity index (χ1) is 10.5. The number of likely N-dealkylation sites (N-methyl/N-ethyl adjacent to an activating group) is 1. The van der Waals surface area contributed by atoms with Crippen LogP contribution in [0.1, 0.15) is 19.3 Å². The summed E-state index contributed by atoms with van der Waals surface area (Å²) in [7, 11) is 1.63. The number of rotatable bonds is 4. The van der Waals surface area contributed by atoms with E-state index in [1.165, 1.54) is 4.90 Å². The molecule has 5 nitrogen and oxygen atoms in total. The zero-order chi connectivity index (χ0) is 16.1. The zero-order valence-electron chi connectivity index (χ0n) is 12.8. The number of benzene rings is 1. The van der Waals surface area contributed by atoms with Crippen LogP contribution >= 0.6 is 35.6 Å². The molecule has 2 N–H and O–H groups in total. The van der Waals surface area contributed by atoms with Crippen LogP contribution in [-0.2, 0) is 9.59 Å². The highest BCUT2D eigenvalue weighted by molar-refractivity contribution is 6.42. The highest BCUT2D eigenvalue weighted by Gasteiger charge is 2.24. The van der Waals surface area contributed by atoms with Gasteiger partial charge in [0.2, 0.25) is 11.8 Å². The summed E-state index contributed by atoms with van der Waals surface area (Å²) in [5, 5.41) is 6.68. The Morgan fingerprint density at radius 3 is 2.65 bits per heavy atom. The lowest BCUT2D eigenvalue weighted by molar-refractivity contribution is -0.135. The Labute approximate surface area is 152 Å². The standard InChI is InChI=1S/C15H19Cl2N3O2.ClH/c1-20(15(22)13-4-2-3-7-18-13)9-14(21)19-10-5-6-11(16)12(17)8-10;/h5-6,8,13,18H,2-4,7,9H2,1H3,(H,19,21);1H. The van der Waals surface area contributed by atoms with Gasteiger partial charge in [-0.05, 0) is 37.6 Å². The molecule has 1 aliphatic heterocycles. The molecule has 1 heterocycles. The van der Waals surface area contributed by atoms with Crippen molar-refractivity contribution in [1.29, 1.82) is 0 Å². The van der Waals surface area contributed by atoms with Gasteiger partial charge in [-0.2, -0.15) is 0 Å². The smallest absolute Gasteiger partial charge is 0.243 e. The topological polar surface area (TPSA) is 61.4 Å². The molecule has 1 aromatic carbocycles. The molecule has 1 fully saturated rings. The van der Waals surface area contributed by atoms with Gasteiger partial charge in [0, 0.05) is 12.7 Å². The summed E-state index contributed by atoms with van der Waals surface area (Å²) < 4.78 is 0. The van der Waals surface area contributed by atoms with Crippen LogP contribution in [0, 0.1) is 0 Å². The largest absolute Gasteiger partial charge is 0.335 e. The van der Waals surface area contributed by atoms with E-state index >= 15 is 0 Å². The van der Waals surface area contributed by atoms with E-state index in [0.717, 1.165) is 25.8 Å². The molecule has 0 radical (unpaired) electrons. The average molecular weight is 381 g/mol. The van der Waals surface area contributed by atoms with Gasteiger partial charge >= 0.3 is 0 Å². The molecule has 0 saturated carbocycles. The second kappa shape index (κ2) is 9.33. The van der Waals surface area contributed by atoms with E-state index in [0.29, 0.717) is 15.7 Å². The molecule has 128 valence electrons. The lowest BCUT2D eigenvalue weighted by Gasteiger charge is -2.27. The molecule has 2 rings (SSSR count). The van der Waals surface area contributed by atoms with E-state index in [4.69, 9.17) is 23.2 Å². The first kappa shape index (κ1) is 20.0. The first-order valence-electron chi connectivity index (χ1n) is 7.20. The van der Waals surface area contributed by atoms with E-state index in [-0.39, 0.29) is 36.8 Å². The Kier molecular flexibility index (Phi) is 8.12. The molecule has 0 bridgehead atoms. The van der Waals surface area contributed by atoms with Crippen molar-refractivity contribution in [2.45, 2.75) is 25.3 Å². The predicted molar refractivity (Wildman–Crippen MR) is 95.6 cm³/mol. The molecular weight excluding hydrogens is 361 g/mol. The summed E-state index contributed by atoms with van der Waals surface area (Å²) in [6.45, 7) is 0.844. The van der Waals surface area contributed by atoms with Crippen molar-refractivity contribution in [3.05, 3.63) is 28.2 Å². The van der Waals surface area contributed by atoms with Crippen LogP contribution < -0.4 is 10.6 Å². The maximum absolute atomic E-state index is 12.2. The molecule has 8 heteroatoms. The van der Waals surface area contributed by atoms with Crippen molar-refractivity contribution < 1.29 is 9.59 Å². The summed E-state index contributed by atoms with van der Waals surface area (Å²) in [5.41, 5.74) is 0.552. The van der Waals surface area contributed by atoms with Gasteiger partial charge in [0.15, 0.2) is 0 Å². The Hall–Kier alpha value is -1.01. The predicted octanol–water partition coefficient (Wildman–Crippen LogP) is 2.95. The molecule has 23 heavy (non-hydrogen) atoms. The summed E-state index contributed by atoms with van der Waals surface area (Å²) in [5.74, 6) is -0.325. The third-order valence-corrected chi connectivity index (χ3v) is 4.31. The third-order valence-electron chi connectivity index (χ3n) is 3.57. The number of piperidine rings is 1. The maximum atomic E-state index is 12.2. The Morgan fingerprint density at radius 1 is 1.30 bits per heavy atom. The number of amides is 2. The molecule has 2 amide bonds. The van der Waals surface area contributed by atoms with Gasteiger partial charge in [-0.15, -0.1) is 12.4 Å². The number of carbonyl (C=O) groups is 2. The van der Waals surface area contributed by atoms with Crippen LogP contribution in [0.2, 0.25) is 10.0 Å². The van der Waals surface area contributed by atoms with Crippen molar-refractivity contribution in [3.63, 3.8) is 0 Å². The normalized spacial score (nSPS) is 17.1. The van der Waals surface area contributed by atoms with Crippen molar-refractivity contribution >= 4 is 53.1 Å². The van der Waals surface area contributed by atoms with E-state index in [1.54, 1.807) is 25.2 Å². The van der Waals surface area contributed by atoms with Crippen molar-refractivity contribution in [3.8, 4) is 0 Å². The Bertz CT molecular complexity index is 563. The SMILES string of the molecule is CN(CC(=O)Nc1ccc(Cl)c(Cl)c1)C(=O)C1CCCCN1.Cl. The van der Waals surface area contributed by atoms with Crippen LogP contribution in [0.3, 0.4) is 0 Å². The van der Waals surface area contributed by atoms with E-state index in [2.05, 4.69) is 10.6 Å². The number of halogens is 3. The Morgan fingerprint density at radius 2 is 2.04 bits per heavy atom. The lowest BCUT2D eigenvalue weighted by atomic mass is 10.0. The molecule has 1 saturated heterocycles. The number of hydrogen-bond donors (Lipinski definition) is 2. The average Bonchev–Trinajstić information content (AvgIpc) is 2.51. The minimum atomic E-state index is -0.273. The summed E-state index contributed by atoms with van der Waals surface area (Å²) >= 11 is 11.7. The van der Waals surface area contributed by atoms with Crippen molar-refractivity contribution in [2.75, 3.05) is 25.5 Å². The molecular formula is C15H20Cl3N3O2. The highest BCUT2D eigenvalue weighted by atomic mass is 35.5. The van der Waals surface area contributed by atoms with E-state index < -0.39 is 0 Å². The fourth-order valence-corrected chi connectivity index (χ4v) is 2.69. The van der Waals surface area contributed by atoms with Crippen LogP contribution in [0.4, 0.5) is 5.69 Å².